The van der Waals surface area contributed by atoms with Gasteiger partial charge in [0, 0.05) is 30.6 Å². The van der Waals surface area contributed by atoms with Gasteiger partial charge in [0.2, 0.25) is 0 Å². The van der Waals surface area contributed by atoms with Crippen LogP contribution in [-0.4, -0.2) is 52.3 Å². The number of methoxy groups -OCH3 is 1. The van der Waals surface area contributed by atoms with Crippen LogP contribution >= 0.6 is 23.7 Å². The normalized spacial score (nSPS) is 15.3. The van der Waals surface area contributed by atoms with Gasteiger partial charge in [0.15, 0.2) is 11.6 Å². The van der Waals surface area contributed by atoms with Crippen LogP contribution in [0.5, 0.6) is 0 Å². The first-order chi connectivity index (χ1) is 16.1. The predicted molar refractivity (Wildman–Crippen MR) is 137 cm³/mol. The number of benzene rings is 2. The minimum atomic E-state index is -0.987. The third kappa shape index (κ3) is 4.82. The van der Waals surface area contributed by atoms with Crippen LogP contribution < -0.4 is 10.2 Å². The number of carboxylic acid groups (broad SMARTS) is 1. The molecule has 1 fully saturated rings. The van der Waals surface area contributed by atoms with E-state index >= 15 is 0 Å². The lowest BCUT2D eigenvalue weighted by molar-refractivity contribution is 0.0697. The number of halogens is 1. The second kappa shape index (κ2) is 10.3. The minimum Gasteiger partial charge on any atom is -0.478 e. The van der Waals surface area contributed by atoms with Crippen LogP contribution in [0.1, 0.15) is 23.2 Å². The van der Waals surface area contributed by atoms with Crippen molar-refractivity contribution in [2.24, 2.45) is 0 Å². The molecule has 1 saturated heterocycles. The van der Waals surface area contributed by atoms with Crippen LogP contribution in [0, 0.1) is 0 Å². The first-order valence-electron chi connectivity index (χ1n) is 10.7. The van der Waals surface area contributed by atoms with Crippen LogP contribution in [0.4, 0.5) is 17.2 Å². The molecule has 0 aliphatic carbocycles. The van der Waals surface area contributed by atoms with Crippen LogP contribution in [0.2, 0.25) is 0 Å². The Labute approximate surface area is 207 Å². The molecule has 1 unspecified atom stereocenters. The van der Waals surface area contributed by atoms with Gasteiger partial charge in [0.05, 0.1) is 23.7 Å². The maximum Gasteiger partial charge on any atom is 0.335 e. The Kier molecular flexibility index (Phi) is 7.26. The summed E-state index contributed by atoms with van der Waals surface area (Å²) in [6, 6.07) is 15.3. The van der Waals surface area contributed by atoms with Crippen molar-refractivity contribution < 1.29 is 14.6 Å². The molecule has 8 nitrogen and oxygen atoms in total. The number of hydrogen-bond donors (Lipinski definition) is 2. The average Bonchev–Trinajstić information content (AvgIpc) is 3.49. The Morgan fingerprint density at radius 1 is 1.24 bits per heavy atom. The molecule has 5 rings (SSSR count). The summed E-state index contributed by atoms with van der Waals surface area (Å²) in [6.07, 6.45) is 2.27. The molecule has 34 heavy (non-hydrogen) atoms. The highest BCUT2D eigenvalue weighted by Gasteiger charge is 2.24. The molecule has 1 aliphatic rings. The number of aromatic nitrogens is 3. The third-order valence-electron chi connectivity index (χ3n) is 5.74. The van der Waals surface area contributed by atoms with E-state index in [9.17, 15) is 9.90 Å². The number of carboxylic acids is 1. The number of carbonyl (C=O) groups is 1. The van der Waals surface area contributed by atoms with Crippen molar-refractivity contribution >= 4 is 57.3 Å². The molecule has 3 heterocycles. The summed E-state index contributed by atoms with van der Waals surface area (Å²) in [4.78, 5) is 28.3. The zero-order valence-corrected chi connectivity index (χ0v) is 20.1. The lowest BCUT2D eigenvalue weighted by atomic mass is 10.1. The number of thiazole rings is 1. The summed E-state index contributed by atoms with van der Waals surface area (Å²) in [5.41, 5.74) is 5.28. The molecule has 0 radical (unpaired) electrons. The first-order valence-corrected chi connectivity index (χ1v) is 11.6. The average molecular weight is 498 g/mol. The lowest BCUT2D eigenvalue weighted by Gasteiger charge is -2.26. The van der Waals surface area contributed by atoms with Crippen molar-refractivity contribution in [2.75, 3.05) is 30.5 Å². The highest BCUT2D eigenvalue weighted by Crippen LogP contribution is 2.32. The number of rotatable bonds is 7. The smallest absolute Gasteiger partial charge is 0.335 e. The molecule has 2 N–H and O–H groups in total. The highest BCUT2D eigenvalue weighted by molar-refractivity contribution is 7.16. The third-order valence-corrected chi connectivity index (χ3v) is 6.46. The minimum absolute atomic E-state index is 0. The molecule has 10 heteroatoms. The number of fused-ring (bicyclic) bond motifs is 1. The van der Waals surface area contributed by atoms with Crippen molar-refractivity contribution in [3.63, 3.8) is 0 Å². The van der Waals surface area contributed by atoms with E-state index in [2.05, 4.69) is 32.3 Å². The van der Waals surface area contributed by atoms with E-state index in [-0.39, 0.29) is 18.0 Å². The van der Waals surface area contributed by atoms with Crippen LogP contribution in [-0.2, 0) is 4.74 Å². The van der Waals surface area contributed by atoms with Gasteiger partial charge in [-0.2, -0.15) is 0 Å². The number of nitrogens with one attached hydrogen (secondary N) is 1. The summed E-state index contributed by atoms with van der Waals surface area (Å²) in [5.74, 6) is 0.0526. The Bertz CT molecular complexity index is 1310. The van der Waals surface area contributed by atoms with Gasteiger partial charge in [-0.05, 0) is 43.2 Å². The van der Waals surface area contributed by atoms with Gasteiger partial charge in [-0.15, -0.1) is 23.7 Å². The first kappa shape index (κ1) is 23.9. The van der Waals surface area contributed by atoms with Crippen molar-refractivity contribution in [1.82, 2.24) is 15.0 Å². The Morgan fingerprint density at radius 2 is 2.09 bits per heavy atom. The van der Waals surface area contributed by atoms with E-state index in [4.69, 9.17) is 9.72 Å². The second-order valence-electron chi connectivity index (χ2n) is 7.91. The summed E-state index contributed by atoms with van der Waals surface area (Å²) >= 11 is 1.42. The number of anilines is 3. The number of aromatic carboxylic acids is 1. The molecule has 0 bridgehead atoms. The summed E-state index contributed by atoms with van der Waals surface area (Å²) in [6.45, 7) is 1.72. The van der Waals surface area contributed by atoms with Crippen molar-refractivity contribution in [1.29, 1.82) is 0 Å². The summed E-state index contributed by atoms with van der Waals surface area (Å²) in [5, 5.41) is 12.7. The van der Waals surface area contributed by atoms with E-state index in [0.717, 1.165) is 35.6 Å². The van der Waals surface area contributed by atoms with Crippen molar-refractivity contribution in [3.05, 3.63) is 59.6 Å². The molecule has 176 valence electrons. The lowest BCUT2D eigenvalue weighted by Crippen LogP contribution is -2.32. The highest BCUT2D eigenvalue weighted by atomic mass is 35.5. The molecule has 0 saturated carbocycles. The largest absolute Gasteiger partial charge is 0.478 e. The number of nitrogens with zero attached hydrogens (tertiary/aromatic N) is 4. The standard InChI is InChI=1S/C24H23N5O3S.ClH/c1-32-13-19-9-4-10-29(19)18-8-3-7-17(12-18)26-22-20-23(33-14-25-20)28-21(27-22)15-5-2-6-16(11-15)24(30)31;/h2-3,5-8,11-12,14,19H,4,9-10,13H2,1H3,(H,30,31)(H,26,27,28);1H. The summed E-state index contributed by atoms with van der Waals surface area (Å²) in [7, 11) is 1.74. The van der Waals surface area contributed by atoms with Gasteiger partial charge in [-0.3, -0.25) is 0 Å². The quantitative estimate of drug-likeness (QED) is 0.358. The second-order valence-corrected chi connectivity index (χ2v) is 8.74. The molecule has 2 aromatic carbocycles. The molecule has 0 amide bonds. The SMILES string of the molecule is COCC1CCCN1c1cccc(Nc2nc(-c3cccc(C(=O)O)c3)nc3scnc23)c1.Cl. The van der Waals surface area contributed by atoms with Gasteiger partial charge in [-0.25, -0.2) is 19.7 Å². The fraction of sp³-hybridized carbons (Fsp3) is 0.250. The van der Waals surface area contributed by atoms with E-state index < -0.39 is 5.97 Å². The summed E-state index contributed by atoms with van der Waals surface area (Å²) < 4.78 is 5.40. The van der Waals surface area contributed by atoms with Crippen molar-refractivity contribution in [3.8, 4) is 11.4 Å². The van der Waals surface area contributed by atoms with Gasteiger partial charge in [0.1, 0.15) is 10.3 Å². The maximum atomic E-state index is 11.4. The molecule has 4 aromatic rings. The fourth-order valence-electron chi connectivity index (χ4n) is 4.21. The Morgan fingerprint density at radius 3 is 2.91 bits per heavy atom. The fourth-order valence-corrected chi connectivity index (χ4v) is 4.87. The van der Waals surface area contributed by atoms with E-state index in [1.807, 2.05) is 18.2 Å². The zero-order valence-electron chi connectivity index (χ0n) is 18.5. The Balaban J connectivity index is 0.00000274. The predicted octanol–water partition coefficient (Wildman–Crippen LogP) is 5.23. The van der Waals surface area contributed by atoms with E-state index in [0.29, 0.717) is 35.4 Å². The number of ether oxygens (including phenoxy) is 1. The topological polar surface area (TPSA) is 100 Å². The van der Waals surface area contributed by atoms with E-state index in [1.54, 1.807) is 30.8 Å². The maximum absolute atomic E-state index is 11.4. The molecule has 1 aliphatic heterocycles. The monoisotopic (exact) mass is 497 g/mol. The molecule has 0 spiro atoms. The van der Waals surface area contributed by atoms with Crippen LogP contribution in [0.15, 0.2) is 54.0 Å². The van der Waals surface area contributed by atoms with Gasteiger partial charge >= 0.3 is 5.97 Å². The van der Waals surface area contributed by atoms with Crippen LogP contribution in [0.25, 0.3) is 21.7 Å². The van der Waals surface area contributed by atoms with Gasteiger partial charge in [0.25, 0.3) is 0 Å². The Hall–Kier alpha value is -3.27. The molecular weight excluding hydrogens is 474 g/mol. The number of hydrogen-bond acceptors (Lipinski definition) is 8. The van der Waals surface area contributed by atoms with Gasteiger partial charge in [-0.1, -0.05) is 18.2 Å². The van der Waals surface area contributed by atoms with Crippen molar-refractivity contribution in [2.45, 2.75) is 18.9 Å². The zero-order chi connectivity index (χ0) is 22.8. The van der Waals surface area contributed by atoms with Crippen LogP contribution in [0.3, 0.4) is 0 Å². The molecule has 2 aromatic heterocycles. The molecular formula is C24H24ClN5O3S. The molecule has 1 atom stereocenters. The van der Waals surface area contributed by atoms with E-state index in [1.165, 1.54) is 11.3 Å². The van der Waals surface area contributed by atoms with Gasteiger partial charge < -0.3 is 20.1 Å².